The van der Waals surface area contributed by atoms with Crippen LogP contribution in [-0.2, 0) is 0 Å². The normalized spacial score (nSPS) is 15.3. The van der Waals surface area contributed by atoms with Gasteiger partial charge >= 0.3 is 0 Å². The number of unbranched alkanes of at least 4 members (excludes halogenated alkanes) is 1. The number of ether oxygens (including phenoxy) is 1. The summed E-state index contributed by atoms with van der Waals surface area (Å²) in [7, 11) is 0. The van der Waals surface area contributed by atoms with Gasteiger partial charge in [0.1, 0.15) is 5.75 Å². The van der Waals surface area contributed by atoms with Crippen LogP contribution < -0.4 is 4.74 Å². The third-order valence-corrected chi connectivity index (χ3v) is 3.32. The predicted molar refractivity (Wildman–Crippen MR) is 72.5 cm³/mol. The minimum absolute atomic E-state index is 0.794. The van der Waals surface area contributed by atoms with Crippen LogP contribution in [-0.4, -0.2) is 6.61 Å². The van der Waals surface area contributed by atoms with Gasteiger partial charge in [-0.05, 0) is 54.4 Å². The van der Waals surface area contributed by atoms with Gasteiger partial charge in [0.25, 0.3) is 0 Å². The molecule has 1 radical (unpaired) electrons. The van der Waals surface area contributed by atoms with Crippen LogP contribution in [0.4, 0.5) is 0 Å². The van der Waals surface area contributed by atoms with E-state index < -0.39 is 0 Å². The zero-order valence-corrected chi connectivity index (χ0v) is 11.3. The van der Waals surface area contributed by atoms with Crippen LogP contribution in [0.2, 0.25) is 0 Å². The van der Waals surface area contributed by atoms with Gasteiger partial charge in [0.2, 0.25) is 0 Å². The van der Waals surface area contributed by atoms with E-state index in [4.69, 9.17) is 4.74 Å². The Kier molecular flexibility index (Phi) is 4.09. The number of hydrogen-bond donors (Lipinski definition) is 0. The van der Waals surface area contributed by atoms with Crippen molar-refractivity contribution in [3.05, 3.63) is 35.2 Å². The van der Waals surface area contributed by atoms with Gasteiger partial charge < -0.3 is 4.74 Å². The highest BCUT2D eigenvalue weighted by Crippen LogP contribution is 2.42. The fourth-order valence-electron chi connectivity index (χ4n) is 1.98. The maximum absolute atomic E-state index is 5.84. The summed E-state index contributed by atoms with van der Waals surface area (Å²) in [6.45, 7) is 7.37. The molecule has 0 unspecified atom stereocenters. The Morgan fingerprint density at radius 2 is 2.00 bits per heavy atom. The summed E-state index contributed by atoms with van der Waals surface area (Å²) in [5, 5.41) is 0. The fourth-order valence-corrected chi connectivity index (χ4v) is 1.98. The highest BCUT2D eigenvalue weighted by molar-refractivity contribution is 5.42. The second-order valence-electron chi connectivity index (χ2n) is 5.27. The molecule has 1 fully saturated rings. The quantitative estimate of drug-likeness (QED) is 0.644. The van der Waals surface area contributed by atoms with E-state index in [0.29, 0.717) is 0 Å². The van der Waals surface area contributed by atoms with E-state index in [0.717, 1.165) is 24.7 Å². The molecule has 1 aliphatic rings. The van der Waals surface area contributed by atoms with Crippen molar-refractivity contribution in [3.63, 3.8) is 0 Å². The minimum Gasteiger partial charge on any atom is -0.494 e. The SMILES string of the molecule is CCCCOc1cc([C](C)C)cc(C2CC2)c1. The molecule has 0 atom stereocenters. The maximum Gasteiger partial charge on any atom is 0.119 e. The molecule has 1 aliphatic carbocycles. The molecule has 1 heteroatoms. The average Bonchev–Trinajstić information content (AvgIpc) is 3.13. The van der Waals surface area contributed by atoms with Crippen molar-refractivity contribution >= 4 is 0 Å². The van der Waals surface area contributed by atoms with Gasteiger partial charge in [0, 0.05) is 0 Å². The van der Waals surface area contributed by atoms with E-state index in [1.54, 1.807) is 0 Å². The average molecular weight is 231 g/mol. The molecule has 0 aliphatic heterocycles. The fraction of sp³-hybridized carbons (Fsp3) is 0.562. The van der Waals surface area contributed by atoms with Crippen molar-refractivity contribution in [1.29, 1.82) is 0 Å². The first-order chi connectivity index (χ1) is 8.20. The molecular weight excluding hydrogens is 208 g/mol. The summed E-state index contributed by atoms with van der Waals surface area (Å²) < 4.78 is 5.84. The number of benzene rings is 1. The van der Waals surface area contributed by atoms with Crippen molar-refractivity contribution in [2.75, 3.05) is 6.61 Å². The van der Waals surface area contributed by atoms with Crippen molar-refractivity contribution in [1.82, 2.24) is 0 Å². The third-order valence-electron chi connectivity index (χ3n) is 3.32. The topological polar surface area (TPSA) is 9.23 Å². The van der Waals surface area contributed by atoms with Gasteiger partial charge in [-0.25, -0.2) is 0 Å². The summed E-state index contributed by atoms with van der Waals surface area (Å²) in [4.78, 5) is 0. The summed E-state index contributed by atoms with van der Waals surface area (Å²) in [5.74, 6) is 3.22. The summed E-state index contributed by atoms with van der Waals surface area (Å²) >= 11 is 0. The standard InChI is InChI=1S/C16H23O/c1-4-5-8-17-16-10-14(12(2)3)9-15(11-16)13-6-7-13/h9-11,13H,4-8H2,1-3H3. The van der Waals surface area contributed by atoms with Crippen LogP contribution in [0.5, 0.6) is 5.75 Å². The smallest absolute Gasteiger partial charge is 0.119 e. The van der Waals surface area contributed by atoms with Crippen LogP contribution in [0.3, 0.4) is 0 Å². The molecule has 0 N–H and O–H groups in total. The lowest BCUT2D eigenvalue weighted by molar-refractivity contribution is 0.309. The molecule has 17 heavy (non-hydrogen) atoms. The molecule has 0 aromatic heterocycles. The molecule has 0 heterocycles. The molecule has 1 nitrogen and oxygen atoms in total. The van der Waals surface area contributed by atoms with E-state index in [9.17, 15) is 0 Å². The third kappa shape index (κ3) is 3.49. The monoisotopic (exact) mass is 231 g/mol. The summed E-state index contributed by atoms with van der Waals surface area (Å²) in [6.07, 6.45) is 5.02. The zero-order valence-electron chi connectivity index (χ0n) is 11.3. The molecule has 1 saturated carbocycles. The van der Waals surface area contributed by atoms with E-state index >= 15 is 0 Å². The Balaban J connectivity index is 2.12. The molecule has 93 valence electrons. The van der Waals surface area contributed by atoms with Gasteiger partial charge in [-0.2, -0.15) is 0 Å². The van der Waals surface area contributed by atoms with Gasteiger partial charge in [-0.15, -0.1) is 0 Å². The Morgan fingerprint density at radius 3 is 2.59 bits per heavy atom. The van der Waals surface area contributed by atoms with Crippen molar-refractivity contribution < 1.29 is 4.74 Å². The van der Waals surface area contributed by atoms with Crippen LogP contribution >= 0.6 is 0 Å². The zero-order chi connectivity index (χ0) is 12.3. The lowest BCUT2D eigenvalue weighted by atomic mass is 9.98. The lowest BCUT2D eigenvalue weighted by Crippen LogP contribution is -1.99. The molecule has 0 bridgehead atoms. The minimum atomic E-state index is 0.794. The predicted octanol–water partition coefficient (Wildman–Crippen LogP) is 4.71. The van der Waals surface area contributed by atoms with Gasteiger partial charge in [0.15, 0.2) is 0 Å². The van der Waals surface area contributed by atoms with E-state index in [1.807, 2.05) is 0 Å². The van der Waals surface area contributed by atoms with Crippen molar-refractivity contribution in [3.8, 4) is 5.75 Å². The first kappa shape index (κ1) is 12.5. The Bertz CT molecular complexity index is 344. The second kappa shape index (κ2) is 5.57. The van der Waals surface area contributed by atoms with Crippen LogP contribution in [0.1, 0.15) is 63.5 Å². The molecule has 0 amide bonds. The Hall–Kier alpha value is -0.980. The highest BCUT2D eigenvalue weighted by Gasteiger charge is 2.24. The number of hydrogen-bond acceptors (Lipinski definition) is 1. The van der Waals surface area contributed by atoms with Gasteiger partial charge in [-0.1, -0.05) is 33.3 Å². The highest BCUT2D eigenvalue weighted by atomic mass is 16.5. The second-order valence-corrected chi connectivity index (χ2v) is 5.27. The van der Waals surface area contributed by atoms with Crippen molar-refractivity contribution in [2.45, 2.75) is 52.4 Å². The first-order valence-corrected chi connectivity index (χ1v) is 6.79. The van der Waals surface area contributed by atoms with E-state index in [1.165, 1.54) is 36.3 Å². The van der Waals surface area contributed by atoms with E-state index in [-0.39, 0.29) is 0 Å². The Morgan fingerprint density at radius 1 is 1.24 bits per heavy atom. The van der Waals surface area contributed by atoms with Gasteiger partial charge in [-0.3, -0.25) is 0 Å². The van der Waals surface area contributed by atoms with Crippen LogP contribution in [0, 0.1) is 5.92 Å². The van der Waals surface area contributed by atoms with Gasteiger partial charge in [0.05, 0.1) is 6.61 Å². The Labute approximate surface area is 105 Å². The van der Waals surface area contributed by atoms with Crippen LogP contribution in [0.25, 0.3) is 0 Å². The summed E-state index contributed by atoms with van der Waals surface area (Å²) in [6, 6.07) is 6.75. The number of rotatable bonds is 6. The molecule has 0 saturated heterocycles. The van der Waals surface area contributed by atoms with Crippen LogP contribution in [0.15, 0.2) is 18.2 Å². The maximum atomic E-state index is 5.84. The molecule has 1 aromatic rings. The molecule has 0 spiro atoms. The summed E-state index contributed by atoms with van der Waals surface area (Å²) in [5.41, 5.74) is 2.80. The lowest BCUT2D eigenvalue weighted by Gasteiger charge is -2.12. The molecular formula is C16H23O. The van der Waals surface area contributed by atoms with Crippen molar-refractivity contribution in [2.24, 2.45) is 0 Å². The molecule has 2 rings (SSSR count). The van der Waals surface area contributed by atoms with E-state index in [2.05, 4.69) is 39.0 Å². The largest absolute Gasteiger partial charge is 0.494 e. The first-order valence-electron chi connectivity index (χ1n) is 6.79. The molecule has 1 aromatic carbocycles.